The second-order valence-electron chi connectivity index (χ2n) is 15.6. The predicted molar refractivity (Wildman–Crippen MR) is 209 cm³/mol. The number of imide groups is 2. The maximum absolute atomic E-state index is 13.9. The first-order valence-electron chi connectivity index (χ1n) is 19.2. The number of likely N-dealkylation sites (N-methyl/N-ethyl adjacent to an activating group) is 4. The van der Waals surface area contributed by atoms with Crippen molar-refractivity contribution >= 4 is 47.5 Å². The minimum Gasteiger partial charge on any atom is -0.396 e. The Morgan fingerprint density at radius 2 is 1.18 bits per heavy atom. The summed E-state index contributed by atoms with van der Waals surface area (Å²) in [5, 5.41) is 17.5. The summed E-state index contributed by atoms with van der Waals surface area (Å²) in [6, 6.07) is -5.75. The van der Waals surface area contributed by atoms with E-state index in [1.165, 1.54) is 47.2 Å². The summed E-state index contributed by atoms with van der Waals surface area (Å²) >= 11 is 0. The lowest BCUT2D eigenvalue weighted by Crippen LogP contribution is -2.58. The SMILES string of the molecule is CC[C@H](NC(=O)[C@H](C[C@H](C)CCO)N(C)C(=O)N(C)C(=O)N(C)C(=O)CCC(C)C)C(=O)N(C)CC(=O)N(C)[C@@H](CC(C)C)C(=O)N[C@H](C(=O)NC)C(C)C. The molecule has 0 aromatic rings. The van der Waals surface area contributed by atoms with E-state index in [0.29, 0.717) is 19.3 Å². The molecule has 0 fully saturated rings. The average Bonchev–Trinajstić information content (AvgIpc) is 3.13. The summed E-state index contributed by atoms with van der Waals surface area (Å²) in [5.74, 6) is -3.36. The molecule has 0 saturated carbocycles. The van der Waals surface area contributed by atoms with E-state index in [9.17, 15) is 43.5 Å². The molecule has 0 aromatic carbocycles. The first kappa shape index (κ1) is 50.7. The number of rotatable bonds is 21. The van der Waals surface area contributed by atoms with Gasteiger partial charge in [-0.15, -0.1) is 0 Å². The molecular formula is C38H70N8O9. The number of aliphatic hydroxyl groups is 1. The number of hydrogen-bond donors (Lipinski definition) is 4. The standard InChI is InChI=1S/C38H70N8O9/c1-15-27(36(53)42(10)22-31(49)43(11)28(20-24(4)5)34(51)41-32(25(6)7)35(52)39-9)40-33(50)29(21-26(8)18-19-47)44(12)37(54)46(14)38(55)45(13)30(48)17-16-23(2)3/h23-29,32,47H,15-22H2,1-14H3,(H,39,52)(H,40,50)(H,41,51)/t26-,27+,28+,29+,32+/m1/s1. The van der Waals surface area contributed by atoms with E-state index in [1.807, 2.05) is 27.7 Å². The van der Waals surface area contributed by atoms with Crippen molar-refractivity contribution in [1.82, 2.24) is 40.4 Å². The van der Waals surface area contributed by atoms with Gasteiger partial charge in [-0.25, -0.2) is 14.5 Å². The lowest BCUT2D eigenvalue weighted by molar-refractivity contribution is -0.145. The van der Waals surface area contributed by atoms with Crippen LogP contribution in [0.4, 0.5) is 9.59 Å². The third kappa shape index (κ3) is 16.2. The van der Waals surface area contributed by atoms with Gasteiger partial charge in [0, 0.05) is 55.3 Å². The Bertz CT molecular complexity index is 1320. The number of carbonyl (C=O) groups excluding carboxylic acids is 8. The molecule has 4 N–H and O–H groups in total. The van der Waals surface area contributed by atoms with Crippen LogP contribution in [0.5, 0.6) is 0 Å². The minimum absolute atomic E-state index is 0.0108. The highest BCUT2D eigenvalue weighted by molar-refractivity contribution is 6.02. The zero-order chi connectivity index (χ0) is 42.9. The highest BCUT2D eigenvalue weighted by Crippen LogP contribution is 2.18. The Hall–Kier alpha value is -4.28. The van der Waals surface area contributed by atoms with Crippen molar-refractivity contribution in [2.45, 2.75) is 118 Å². The summed E-state index contributed by atoms with van der Waals surface area (Å²) in [6.45, 7) is 14.2. The van der Waals surface area contributed by atoms with Gasteiger partial charge in [0.2, 0.25) is 35.4 Å². The van der Waals surface area contributed by atoms with Crippen molar-refractivity contribution in [3.63, 3.8) is 0 Å². The number of nitrogens with zero attached hydrogens (tertiary/aromatic N) is 5. The number of urea groups is 2. The van der Waals surface area contributed by atoms with Gasteiger partial charge in [0.15, 0.2) is 0 Å². The van der Waals surface area contributed by atoms with Gasteiger partial charge in [-0.2, -0.15) is 0 Å². The Labute approximate surface area is 328 Å². The van der Waals surface area contributed by atoms with Gasteiger partial charge in [0.1, 0.15) is 24.2 Å². The van der Waals surface area contributed by atoms with Crippen LogP contribution < -0.4 is 16.0 Å². The third-order valence-corrected chi connectivity index (χ3v) is 9.61. The highest BCUT2D eigenvalue weighted by Gasteiger charge is 2.37. The van der Waals surface area contributed by atoms with Gasteiger partial charge < -0.3 is 35.8 Å². The van der Waals surface area contributed by atoms with E-state index in [2.05, 4.69) is 16.0 Å². The van der Waals surface area contributed by atoms with E-state index >= 15 is 0 Å². The smallest absolute Gasteiger partial charge is 0.334 e. The van der Waals surface area contributed by atoms with E-state index in [4.69, 9.17) is 0 Å². The zero-order valence-corrected chi connectivity index (χ0v) is 35.7. The Morgan fingerprint density at radius 1 is 0.636 bits per heavy atom. The molecule has 0 aliphatic rings. The Kier molecular flexibility index (Phi) is 22.4. The molecule has 0 aliphatic carbocycles. The molecular weight excluding hydrogens is 712 g/mol. The molecule has 0 heterocycles. The molecule has 0 aromatic heterocycles. The van der Waals surface area contributed by atoms with Crippen molar-refractivity contribution in [1.29, 1.82) is 0 Å². The predicted octanol–water partition coefficient (Wildman–Crippen LogP) is 1.87. The lowest BCUT2D eigenvalue weighted by atomic mass is 9.97. The van der Waals surface area contributed by atoms with Crippen molar-refractivity contribution < 1.29 is 43.5 Å². The summed E-state index contributed by atoms with van der Waals surface area (Å²) in [4.78, 5) is 111. The minimum atomic E-state index is -1.18. The summed E-state index contributed by atoms with van der Waals surface area (Å²) in [6.07, 6.45) is 1.52. The van der Waals surface area contributed by atoms with Gasteiger partial charge in [-0.3, -0.25) is 33.7 Å². The number of hydrogen-bond acceptors (Lipinski definition) is 9. The third-order valence-electron chi connectivity index (χ3n) is 9.61. The van der Waals surface area contributed by atoms with Crippen LogP contribution in [0.3, 0.4) is 0 Å². The van der Waals surface area contributed by atoms with Crippen molar-refractivity contribution in [3.05, 3.63) is 0 Å². The monoisotopic (exact) mass is 783 g/mol. The second kappa shape index (κ2) is 24.3. The van der Waals surface area contributed by atoms with Crippen LogP contribution in [0.25, 0.3) is 0 Å². The second-order valence-corrected chi connectivity index (χ2v) is 15.6. The highest BCUT2D eigenvalue weighted by atomic mass is 16.3. The molecule has 17 nitrogen and oxygen atoms in total. The maximum atomic E-state index is 13.9. The van der Waals surface area contributed by atoms with Gasteiger partial charge in [-0.1, -0.05) is 55.4 Å². The Balaban J connectivity index is 6.10. The molecule has 0 saturated heterocycles. The van der Waals surface area contributed by atoms with Crippen LogP contribution in [0.1, 0.15) is 93.9 Å². The number of nitrogens with one attached hydrogen (secondary N) is 3. The zero-order valence-electron chi connectivity index (χ0n) is 35.7. The molecule has 5 atom stereocenters. The molecule has 316 valence electrons. The number of carbonyl (C=O) groups is 8. The topological polar surface area (TPSA) is 209 Å². The van der Waals surface area contributed by atoms with Crippen LogP contribution in [0.2, 0.25) is 0 Å². The van der Waals surface area contributed by atoms with E-state index in [0.717, 1.165) is 19.6 Å². The molecule has 0 spiro atoms. The normalized spacial score (nSPS) is 13.9. The molecule has 0 rings (SSSR count). The first-order chi connectivity index (χ1) is 25.5. The van der Waals surface area contributed by atoms with Crippen molar-refractivity contribution in [2.75, 3.05) is 55.4 Å². The lowest BCUT2D eigenvalue weighted by Gasteiger charge is -2.34. The van der Waals surface area contributed by atoms with Crippen LogP contribution in [-0.4, -0.2) is 157 Å². The van der Waals surface area contributed by atoms with E-state index in [-0.39, 0.29) is 55.4 Å². The largest absolute Gasteiger partial charge is 0.396 e. The maximum Gasteiger partial charge on any atom is 0.334 e. The first-order valence-corrected chi connectivity index (χ1v) is 19.2. The molecule has 0 unspecified atom stereocenters. The van der Waals surface area contributed by atoms with Crippen molar-refractivity contribution in [3.8, 4) is 0 Å². The summed E-state index contributed by atoms with van der Waals surface area (Å²) in [5.41, 5.74) is 0. The quantitative estimate of drug-likeness (QED) is 0.134. The van der Waals surface area contributed by atoms with Gasteiger partial charge in [0.25, 0.3) is 0 Å². The number of aliphatic hydroxyl groups excluding tert-OH is 1. The van der Waals surface area contributed by atoms with Gasteiger partial charge in [-0.05, 0) is 55.8 Å². The Morgan fingerprint density at radius 3 is 1.65 bits per heavy atom. The fourth-order valence-electron chi connectivity index (χ4n) is 5.79. The molecule has 0 radical (unpaired) electrons. The number of amides is 10. The van der Waals surface area contributed by atoms with Gasteiger partial charge in [0.05, 0.1) is 6.54 Å². The summed E-state index contributed by atoms with van der Waals surface area (Å²) in [7, 11) is 8.17. The van der Waals surface area contributed by atoms with E-state index in [1.54, 1.807) is 27.7 Å². The molecule has 10 amide bonds. The van der Waals surface area contributed by atoms with Crippen molar-refractivity contribution in [2.24, 2.45) is 23.7 Å². The summed E-state index contributed by atoms with van der Waals surface area (Å²) < 4.78 is 0. The average molecular weight is 783 g/mol. The molecule has 0 aliphatic heterocycles. The van der Waals surface area contributed by atoms with Crippen LogP contribution >= 0.6 is 0 Å². The van der Waals surface area contributed by atoms with Crippen LogP contribution in [0, 0.1) is 23.7 Å². The molecule has 55 heavy (non-hydrogen) atoms. The molecule has 17 heteroatoms. The fraction of sp³-hybridized carbons (Fsp3) is 0.789. The van der Waals surface area contributed by atoms with Crippen LogP contribution in [-0.2, 0) is 28.8 Å². The van der Waals surface area contributed by atoms with Crippen LogP contribution in [0.15, 0.2) is 0 Å². The van der Waals surface area contributed by atoms with E-state index < -0.39 is 72.3 Å². The molecule has 0 bridgehead atoms. The van der Waals surface area contributed by atoms with Gasteiger partial charge >= 0.3 is 12.1 Å². The fourth-order valence-corrected chi connectivity index (χ4v) is 5.79.